The second kappa shape index (κ2) is 8.90. The lowest BCUT2D eigenvalue weighted by Crippen LogP contribution is -2.41. The summed E-state index contributed by atoms with van der Waals surface area (Å²) in [6.07, 6.45) is 0. The number of hydrogen-bond acceptors (Lipinski definition) is 7. The van der Waals surface area contributed by atoms with Gasteiger partial charge in [-0.3, -0.25) is 4.90 Å². The van der Waals surface area contributed by atoms with Crippen LogP contribution in [0.15, 0.2) is 64.4 Å². The number of anilines is 1. The van der Waals surface area contributed by atoms with Gasteiger partial charge < -0.3 is 14.5 Å². The number of benzene rings is 2. The Morgan fingerprint density at radius 3 is 2.74 bits per heavy atom. The van der Waals surface area contributed by atoms with Gasteiger partial charge in [0.1, 0.15) is 6.07 Å². The zero-order valence-corrected chi connectivity index (χ0v) is 17.8. The van der Waals surface area contributed by atoms with Crippen molar-refractivity contribution >= 4 is 28.0 Å². The Kier molecular flexibility index (Phi) is 5.67. The molecule has 2 aromatic carbocycles. The summed E-state index contributed by atoms with van der Waals surface area (Å²) in [5.41, 5.74) is 1.15. The molecule has 2 aromatic heterocycles. The Labute approximate surface area is 184 Å². The van der Waals surface area contributed by atoms with E-state index in [2.05, 4.69) is 50.9 Å². The largest absolute Gasteiger partial charge is 0.419 e. The van der Waals surface area contributed by atoms with E-state index in [0.29, 0.717) is 18.3 Å². The quantitative estimate of drug-likeness (QED) is 0.468. The number of fused-ring (bicyclic) bond motifs is 1. The number of aromatic nitrogens is 1. The van der Waals surface area contributed by atoms with Crippen molar-refractivity contribution in [3.63, 3.8) is 0 Å². The van der Waals surface area contributed by atoms with Crippen molar-refractivity contribution in [1.29, 1.82) is 5.26 Å². The molecule has 1 aliphatic rings. The van der Waals surface area contributed by atoms with Gasteiger partial charge in [0.05, 0.1) is 19.3 Å². The van der Waals surface area contributed by atoms with Crippen molar-refractivity contribution < 1.29 is 9.15 Å². The molecule has 4 aromatic rings. The van der Waals surface area contributed by atoms with Gasteiger partial charge in [-0.1, -0.05) is 42.5 Å². The third kappa shape index (κ3) is 4.06. The van der Waals surface area contributed by atoms with Crippen LogP contribution in [0.3, 0.4) is 0 Å². The molecular formula is C24H22N4O2S. The number of rotatable bonds is 6. The number of thiophene rings is 1. The molecule has 3 heterocycles. The molecule has 1 fully saturated rings. The Balaban J connectivity index is 1.43. The zero-order valence-electron chi connectivity index (χ0n) is 17.0. The molecule has 1 aliphatic heterocycles. The molecule has 156 valence electrons. The summed E-state index contributed by atoms with van der Waals surface area (Å²) in [7, 11) is 0. The highest BCUT2D eigenvalue weighted by Crippen LogP contribution is 2.32. The number of nitrogens with one attached hydrogen (secondary N) is 1. The van der Waals surface area contributed by atoms with Crippen molar-refractivity contribution in [3.8, 4) is 17.5 Å². The molecule has 1 atom stereocenters. The van der Waals surface area contributed by atoms with Gasteiger partial charge in [-0.25, -0.2) is 0 Å². The van der Waals surface area contributed by atoms with E-state index in [1.807, 2.05) is 30.3 Å². The first-order valence-corrected chi connectivity index (χ1v) is 11.2. The maximum absolute atomic E-state index is 9.65. The first-order valence-electron chi connectivity index (χ1n) is 10.3. The summed E-state index contributed by atoms with van der Waals surface area (Å²) in [6, 6.07) is 20.7. The number of ether oxygens (including phenoxy) is 1. The summed E-state index contributed by atoms with van der Waals surface area (Å²) < 4.78 is 11.6. The molecule has 5 rings (SSSR count). The Morgan fingerprint density at radius 2 is 1.94 bits per heavy atom. The van der Waals surface area contributed by atoms with Gasteiger partial charge in [-0.15, -0.1) is 11.3 Å². The van der Waals surface area contributed by atoms with Crippen molar-refractivity contribution in [1.82, 2.24) is 9.88 Å². The maximum Gasteiger partial charge on any atom is 0.232 e. The van der Waals surface area contributed by atoms with E-state index in [4.69, 9.17) is 9.15 Å². The number of oxazole rings is 1. The second-order valence-corrected chi connectivity index (χ2v) is 8.37. The van der Waals surface area contributed by atoms with Crippen molar-refractivity contribution in [2.24, 2.45) is 0 Å². The Hall–Kier alpha value is -3.18. The molecule has 6 nitrogen and oxygen atoms in total. The minimum atomic E-state index is 0.182. The highest BCUT2D eigenvalue weighted by molar-refractivity contribution is 7.10. The molecule has 1 saturated heterocycles. The van der Waals surface area contributed by atoms with Crippen LogP contribution in [-0.4, -0.2) is 42.7 Å². The topological polar surface area (TPSA) is 74.3 Å². The first-order chi connectivity index (χ1) is 15.3. The van der Waals surface area contributed by atoms with Crippen LogP contribution in [0.1, 0.15) is 16.6 Å². The smallest absolute Gasteiger partial charge is 0.232 e. The molecule has 0 amide bonds. The lowest BCUT2D eigenvalue weighted by atomic mass is 10.0. The minimum absolute atomic E-state index is 0.182. The van der Waals surface area contributed by atoms with Crippen LogP contribution in [0.2, 0.25) is 0 Å². The predicted octanol–water partition coefficient (Wildman–Crippen LogP) is 4.91. The van der Waals surface area contributed by atoms with E-state index in [1.165, 1.54) is 4.88 Å². The second-order valence-electron chi connectivity index (χ2n) is 7.40. The highest BCUT2D eigenvalue weighted by Gasteiger charge is 2.25. The van der Waals surface area contributed by atoms with Gasteiger partial charge in [0.15, 0.2) is 0 Å². The number of nitriles is 1. The van der Waals surface area contributed by atoms with E-state index >= 15 is 0 Å². The molecule has 31 heavy (non-hydrogen) atoms. The zero-order chi connectivity index (χ0) is 21.0. The van der Waals surface area contributed by atoms with Crippen LogP contribution in [-0.2, 0) is 4.74 Å². The summed E-state index contributed by atoms with van der Waals surface area (Å²) in [6.45, 7) is 3.86. The van der Waals surface area contributed by atoms with Crippen LogP contribution in [0.5, 0.6) is 0 Å². The van der Waals surface area contributed by atoms with Gasteiger partial charge in [0.25, 0.3) is 0 Å². The first kappa shape index (κ1) is 19.8. The maximum atomic E-state index is 9.65. The summed E-state index contributed by atoms with van der Waals surface area (Å²) in [5.74, 6) is 0.871. The van der Waals surface area contributed by atoms with Crippen molar-refractivity contribution in [3.05, 3.63) is 70.5 Å². The minimum Gasteiger partial charge on any atom is -0.419 e. The van der Waals surface area contributed by atoms with Crippen LogP contribution < -0.4 is 5.32 Å². The van der Waals surface area contributed by atoms with E-state index < -0.39 is 0 Å². The van der Waals surface area contributed by atoms with Gasteiger partial charge in [0, 0.05) is 30.1 Å². The van der Waals surface area contributed by atoms with Gasteiger partial charge in [0.2, 0.25) is 17.5 Å². The summed E-state index contributed by atoms with van der Waals surface area (Å²) in [4.78, 5) is 8.17. The molecule has 0 aliphatic carbocycles. The molecule has 0 saturated carbocycles. The molecular weight excluding hydrogens is 408 g/mol. The molecule has 0 radical (unpaired) electrons. The molecule has 1 N–H and O–H groups in total. The third-order valence-corrected chi connectivity index (χ3v) is 6.54. The molecule has 7 heteroatoms. The average molecular weight is 431 g/mol. The van der Waals surface area contributed by atoms with Crippen molar-refractivity contribution in [2.75, 3.05) is 38.2 Å². The Bertz CT molecular complexity index is 1200. The lowest BCUT2D eigenvalue weighted by molar-refractivity contribution is 0.0193. The SMILES string of the molecule is N#Cc1nc(-c2cccc3ccccc23)oc1NC[C@@H](c1cccs1)N1CCOCC1. The highest BCUT2D eigenvalue weighted by atomic mass is 32.1. The van der Waals surface area contributed by atoms with E-state index in [1.54, 1.807) is 11.3 Å². The van der Waals surface area contributed by atoms with Crippen LogP contribution in [0.25, 0.3) is 22.2 Å². The van der Waals surface area contributed by atoms with Crippen LogP contribution in [0, 0.1) is 11.3 Å². The summed E-state index contributed by atoms with van der Waals surface area (Å²) in [5, 5.41) is 17.3. The number of morpholine rings is 1. The summed E-state index contributed by atoms with van der Waals surface area (Å²) >= 11 is 1.74. The van der Waals surface area contributed by atoms with Crippen LogP contribution >= 0.6 is 11.3 Å². The molecule has 0 unspecified atom stereocenters. The standard InChI is InChI=1S/C24H22N4O2S/c25-15-20-24(26-16-21(22-9-4-14-31-22)28-10-12-29-13-11-28)30-23(27-20)19-8-3-6-17-5-1-2-7-18(17)19/h1-9,14,21,26H,10-13,16H2/t21-/m0/s1. The number of hydrogen-bond donors (Lipinski definition) is 1. The van der Waals surface area contributed by atoms with E-state index in [9.17, 15) is 5.26 Å². The molecule has 0 bridgehead atoms. The van der Waals surface area contributed by atoms with E-state index in [-0.39, 0.29) is 11.7 Å². The lowest BCUT2D eigenvalue weighted by Gasteiger charge is -2.34. The van der Waals surface area contributed by atoms with E-state index in [0.717, 1.165) is 42.6 Å². The van der Waals surface area contributed by atoms with Gasteiger partial charge >= 0.3 is 0 Å². The fourth-order valence-electron chi connectivity index (χ4n) is 4.01. The van der Waals surface area contributed by atoms with Gasteiger partial charge in [-0.2, -0.15) is 10.2 Å². The monoisotopic (exact) mass is 430 g/mol. The number of nitrogens with zero attached hydrogens (tertiary/aromatic N) is 3. The fraction of sp³-hybridized carbons (Fsp3) is 0.250. The Morgan fingerprint density at radius 1 is 1.10 bits per heavy atom. The van der Waals surface area contributed by atoms with Crippen molar-refractivity contribution in [2.45, 2.75) is 6.04 Å². The molecule has 0 spiro atoms. The predicted molar refractivity (Wildman–Crippen MR) is 122 cm³/mol. The fourth-order valence-corrected chi connectivity index (χ4v) is 4.87. The normalized spacial score (nSPS) is 15.6. The van der Waals surface area contributed by atoms with Crippen LogP contribution in [0.4, 0.5) is 5.88 Å². The van der Waals surface area contributed by atoms with Gasteiger partial charge in [-0.05, 0) is 28.3 Å². The average Bonchev–Trinajstić information content (AvgIpc) is 3.50. The third-order valence-electron chi connectivity index (χ3n) is 5.57.